The summed E-state index contributed by atoms with van der Waals surface area (Å²) in [6.07, 6.45) is 51.3. The fourth-order valence-corrected chi connectivity index (χ4v) is 13.0. The first-order valence-electron chi connectivity index (χ1n) is 38.9. The van der Waals surface area contributed by atoms with Crippen LogP contribution >= 0.6 is 15.6 Å². The Bertz CT molecular complexity index is 1840. The van der Waals surface area contributed by atoms with Gasteiger partial charge in [0, 0.05) is 25.7 Å². The van der Waals surface area contributed by atoms with E-state index in [4.69, 9.17) is 37.0 Å². The summed E-state index contributed by atoms with van der Waals surface area (Å²) < 4.78 is 68.4. The lowest BCUT2D eigenvalue weighted by Crippen LogP contribution is -2.30. The fraction of sp³-hybridized carbons (Fsp3) is 0.947. The molecule has 0 saturated carbocycles. The third kappa shape index (κ3) is 67.3. The van der Waals surface area contributed by atoms with E-state index in [9.17, 15) is 43.2 Å². The van der Waals surface area contributed by atoms with Crippen molar-refractivity contribution in [3.05, 3.63) is 0 Å². The molecular weight excluding hydrogens is 1230 g/mol. The van der Waals surface area contributed by atoms with Gasteiger partial charge in [-0.1, -0.05) is 331 Å². The van der Waals surface area contributed by atoms with E-state index >= 15 is 0 Å². The van der Waals surface area contributed by atoms with E-state index in [-0.39, 0.29) is 25.7 Å². The second-order valence-electron chi connectivity index (χ2n) is 28.2. The van der Waals surface area contributed by atoms with E-state index in [2.05, 4.69) is 48.5 Å². The van der Waals surface area contributed by atoms with E-state index in [1.165, 1.54) is 180 Å². The number of ether oxygens (including phenoxy) is 4. The Kier molecular flexibility index (Phi) is 64.3. The molecule has 0 saturated heterocycles. The minimum atomic E-state index is -4.96. The van der Waals surface area contributed by atoms with Crippen molar-refractivity contribution in [1.82, 2.24) is 0 Å². The number of phosphoric ester groups is 2. The average Bonchev–Trinajstić information content (AvgIpc) is 1.77. The maximum Gasteiger partial charge on any atom is 0.472 e. The highest BCUT2D eigenvalue weighted by atomic mass is 31.2. The second kappa shape index (κ2) is 65.7. The van der Waals surface area contributed by atoms with Crippen molar-refractivity contribution in [2.45, 2.75) is 401 Å². The van der Waals surface area contributed by atoms with Crippen molar-refractivity contribution in [3.63, 3.8) is 0 Å². The zero-order valence-electron chi connectivity index (χ0n) is 61.4. The predicted octanol–water partition coefficient (Wildman–Crippen LogP) is 21.8. The van der Waals surface area contributed by atoms with Crippen LogP contribution in [0.5, 0.6) is 0 Å². The number of aliphatic hydroxyl groups excluding tert-OH is 1. The van der Waals surface area contributed by atoms with Crippen molar-refractivity contribution in [1.29, 1.82) is 0 Å². The molecule has 0 heterocycles. The number of esters is 4. The molecule has 17 nitrogen and oxygen atoms in total. The highest BCUT2D eigenvalue weighted by molar-refractivity contribution is 7.47. The fourth-order valence-electron chi connectivity index (χ4n) is 11.4. The van der Waals surface area contributed by atoms with Crippen LogP contribution in [0, 0.1) is 17.8 Å². The van der Waals surface area contributed by atoms with Gasteiger partial charge >= 0.3 is 39.5 Å². The van der Waals surface area contributed by atoms with Crippen LogP contribution in [0.25, 0.3) is 0 Å². The van der Waals surface area contributed by atoms with E-state index in [1.807, 2.05) is 0 Å². The van der Waals surface area contributed by atoms with Gasteiger partial charge in [0.15, 0.2) is 12.2 Å². The van der Waals surface area contributed by atoms with Gasteiger partial charge in [0.25, 0.3) is 0 Å². The number of rotatable bonds is 73. The molecule has 0 amide bonds. The summed E-state index contributed by atoms with van der Waals surface area (Å²) in [4.78, 5) is 72.7. The first-order chi connectivity index (χ1) is 45.3. The average molecular weight is 1380 g/mol. The number of unbranched alkanes of at least 4 members (excludes halogenated alkanes) is 40. The summed E-state index contributed by atoms with van der Waals surface area (Å²) >= 11 is 0. The Morgan fingerprint density at radius 2 is 0.543 bits per heavy atom. The third-order valence-corrected chi connectivity index (χ3v) is 19.6. The summed E-state index contributed by atoms with van der Waals surface area (Å²) in [5.41, 5.74) is 0. The monoisotopic (exact) mass is 1380 g/mol. The summed E-state index contributed by atoms with van der Waals surface area (Å²) in [7, 11) is -9.91. The van der Waals surface area contributed by atoms with Gasteiger partial charge in [0.1, 0.15) is 19.3 Å². The largest absolute Gasteiger partial charge is 0.472 e. The molecule has 94 heavy (non-hydrogen) atoms. The summed E-state index contributed by atoms with van der Waals surface area (Å²) in [5.74, 6) is 0.270. The molecule has 19 heteroatoms. The quantitative estimate of drug-likeness (QED) is 0.0222. The Hall–Kier alpha value is -1.94. The zero-order chi connectivity index (χ0) is 69.4. The Morgan fingerprint density at radius 3 is 0.809 bits per heavy atom. The van der Waals surface area contributed by atoms with Gasteiger partial charge in [-0.15, -0.1) is 0 Å². The molecule has 0 spiro atoms. The number of aliphatic hydroxyl groups is 1. The van der Waals surface area contributed by atoms with Crippen molar-refractivity contribution < 1.29 is 80.2 Å². The molecule has 0 bridgehead atoms. The minimum Gasteiger partial charge on any atom is -0.462 e. The van der Waals surface area contributed by atoms with Crippen LogP contribution in [0.1, 0.15) is 382 Å². The summed E-state index contributed by atoms with van der Waals surface area (Å²) in [5, 5.41) is 10.6. The zero-order valence-corrected chi connectivity index (χ0v) is 63.2. The molecular formula is C75H146O17P2. The molecule has 0 fully saturated rings. The van der Waals surface area contributed by atoms with Crippen LogP contribution in [0.2, 0.25) is 0 Å². The molecule has 6 atom stereocenters. The van der Waals surface area contributed by atoms with Crippen LogP contribution in [-0.2, 0) is 65.4 Å². The van der Waals surface area contributed by atoms with Crippen LogP contribution in [0.3, 0.4) is 0 Å². The second-order valence-corrected chi connectivity index (χ2v) is 31.1. The predicted molar refractivity (Wildman–Crippen MR) is 381 cm³/mol. The lowest BCUT2D eigenvalue weighted by Gasteiger charge is -2.21. The van der Waals surface area contributed by atoms with Gasteiger partial charge in [-0.25, -0.2) is 9.13 Å². The summed E-state index contributed by atoms with van der Waals surface area (Å²) in [6.45, 7) is 11.9. The first kappa shape index (κ1) is 92.1. The highest BCUT2D eigenvalue weighted by Gasteiger charge is 2.30. The van der Waals surface area contributed by atoms with Gasteiger partial charge in [-0.2, -0.15) is 0 Å². The molecule has 0 aliphatic carbocycles. The molecule has 0 aliphatic rings. The molecule has 0 aromatic heterocycles. The maximum atomic E-state index is 13.1. The number of carbonyl (C=O) groups excluding carboxylic acids is 4. The topological polar surface area (TPSA) is 237 Å². The van der Waals surface area contributed by atoms with Crippen LogP contribution in [0.4, 0.5) is 0 Å². The SMILES string of the molecule is CCCCCCCCCC(=O)OC[C@H](COP(=O)(O)OC[C@H](O)COP(=O)(O)OC[C@@H](COC(=O)CCCCCCCCCCCCCCC(C)C)OC(=O)CCCCCCCCCCCCCCCCC(C)CC)OC(=O)CCCCCCCCCCCCCC(C)C. The molecule has 0 aliphatic heterocycles. The molecule has 3 N–H and O–H groups in total. The van der Waals surface area contributed by atoms with Gasteiger partial charge in [-0.3, -0.25) is 37.3 Å². The van der Waals surface area contributed by atoms with Crippen molar-refractivity contribution in [3.8, 4) is 0 Å². The molecule has 3 unspecified atom stereocenters. The molecule has 0 radical (unpaired) electrons. The normalized spacial score (nSPS) is 14.4. The van der Waals surface area contributed by atoms with Gasteiger partial charge in [0.2, 0.25) is 0 Å². The Labute approximate surface area is 575 Å². The van der Waals surface area contributed by atoms with Gasteiger partial charge in [0.05, 0.1) is 26.4 Å². The highest BCUT2D eigenvalue weighted by Crippen LogP contribution is 2.45. The maximum absolute atomic E-state index is 13.1. The Morgan fingerprint density at radius 1 is 0.309 bits per heavy atom. The lowest BCUT2D eigenvalue weighted by atomic mass is 9.99. The molecule has 558 valence electrons. The molecule has 0 aromatic carbocycles. The minimum absolute atomic E-state index is 0.106. The van der Waals surface area contributed by atoms with E-state index < -0.39 is 97.5 Å². The third-order valence-electron chi connectivity index (χ3n) is 17.7. The number of carbonyl (C=O) groups is 4. The van der Waals surface area contributed by atoms with Crippen LogP contribution in [-0.4, -0.2) is 96.7 Å². The van der Waals surface area contributed by atoms with Crippen molar-refractivity contribution in [2.75, 3.05) is 39.6 Å². The van der Waals surface area contributed by atoms with E-state index in [0.29, 0.717) is 25.7 Å². The first-order valence-corrected chi connectivity index (χ1v) is 41.9. The number of phosphoric acid groups is 2. The van der Waals surface area contributed by atoms with E-state index in [0.717, 1.165) is 120 Å². The van der Waals surface area contributed by atoms with E-state index in [1.54, 1.807) is 0 Å². The Balaban J connectivity index is 5.21. The van der Waals surface area contributed by atoms with Crippen LogP contribution < -0.4 is 0 Å². The smallest absolute Gasteiger partial charge is 0.462 e. The lowest BCUT2D eigenvalue weighted by molar-refractivity contribution is -0.161. The van der Waals surface area contributed by atoms with Gasteiger partial charge in [-0.05, 0) is 43.4 Å². The molecule has 0 aromatic rings. The van der Waals surface area contributed by atoms with Crippen molar-refractivity contribution >= 4 is 39.5 Å². The number of hydrogen-bond donors (Lipinski definition) is 3. The number of hydrogen-bond acceptors (Lipinski definition) is 15. The summed E-state index contributed by atoms with van der Waals surface area (Å²) in [6, 6.07) is 0. The van der Waals surface area contributed by atoms with Crippen LogP contribution in [0.15, 0.2) is 0 Å². The molecule has 0 rings (SSSR count). The van der Waals surface area contributed by atoms with Gasteiger partial charge < -0.3 is 33.8 Å². The van der Waals surface area contributed by atoms with Crippen molar-refractivity contribution in [2.24, 2.45) is 17.8 Å². The standard InChI is InChI=1S/C75H146O17P2/c1-8-10-11-12-32-42-49-56-72(77)85-62-70(91-75(80)59-52-45-38-31-25-19-21-27-34-40-47-54-67(5)6)64-89-93(81,82)87-60-69(76)61-88-94(83,84)90-65-71(63-86-73(78)57-50-43-36-29-23-18-17-20-26-33-39-46-53-66(3)4)92-74(79)58-51-44-37-30-24-16-14-13-15-22-28-35-41-48-55-68(7)9-2/h66-71,76H,8-65H2,1-7H3,(H,81,82)(H,83,84)/t68?,69-,70+,71+/m0/s1.